The first-order chi connectivity index (χ1) is 27.4. The highest BCUT2D eigenvalue weighted by atomic mass is 16.5. The maximum atomic E-state index is 13.1. The van der Waals surface area contributed by atoms with Gasteiger partial charge in [0, 0.05) is 68.8 Å². The molecule has 3 heterocycles. The summed E-state index contributed by atoms with van der Waals surface area (Å²) in [5.41, 5.74) is 7.67. The topological polar surface area (TPSA) is 131 Å². The van der Waals surface area contributed by atoms with Crippen molar-refractivity contribution in [3.63, 3.8) is 0 Å². The van der Waals surface area contributed by atoms with Crippen LogP contribution in [0.2, 0.25) is 0 Å². The Bertz CT molecular complexity index is 2330. The molecule has 1 aromatic heterocycles. The maximum absolute atomic E-state index is 13.1. The SMILES string of the molecule is C1COC1.C=N/C(=C\C=C/CC1=CCN(CCN(C)c2ccc(C(=O)Nc3ccc4n[nH]c(C)c4c3)cc2N=C)CC1)OCc1ccc(C#N)c2ccccc12. The number of anilines is 2. The molecule has 0 spiro atoms. The zero-order valence-electron chi connectivity index (χ0n) is 32.1. The summed E-state index contributed by atoms with van der Waals surface area (Å²) < 4.78 is 10.7. The second kappa shape index (κ2) is 19.3. The summed E-state index contributed by atoms with van der Waals surface area (Å²) in [5.74, 6) is 0.241. The van der Waals surface area contributed by atoms with Crippen LogP contribution in [0.15, 0.2) is 119 Å². The summed E-state index contributed by atoms with van der Waals surface area (Å²) in [6.07, 6.45) is 11.4. The van der Waals surface area contributed by atoms with Gasteiger partial charge in [-0.15, -0.1) is 0 Å². The summed E-state index contributed by atoms with van der Waals surface area (Å²) in [7, 11) is 2.04. The number of nitrogens with one attached hydrogen (secondary N) is 2. The number of aliphatic imine (C=N–C) groups is 2. The third kappa shape index (κ3) is 10.0. The number of amides is 1. The van der Waals surface area contributed by atoms with Crippen molar-refractivity contribution >= 4 is 58.1 Å². The van der Waals surface area contributed by atoms with E-state index >= 15 is 0 Å². The van der Waals surface area contributed by atoms with Crippen molar-refractivity contribution in [3.8, 4) is 6.07 Å². The molecule has 2 N–H and O–H groups in total. The second-order valence-electron chi connectivity index (χ2n) is 13.7. The molecule has 0 saturated carbocycles. The van der Waals surface area contributed by atoms with Gasteiger partial charge in [0.05, 0.1) is 28.5 Å². The molecule has 11 nitrogen and oxygen atoms in total. The Morgan fingerprint density at radius 1 is 1.11 bits per heavy atom. The lowest BCUT2D eigenvalue weighted by Crippen LogP contribution is -2.36. The van der Waals surface area contributed by atoms with Crippen molar-refractivity contribution < 1.29 is 14.3 Å². The fourth-order valence-electron chi connectivity index (χ4n) is 6.48. The molecule has 0 unspecified atom stereocenters. The Kier molecular flexibility index (Phi) is 13.6. The van der Waals surface area contributed by atoms with Gasteiger partial charge < -0.3 is 19.7 Å². The molecule has 56 heavy (non-hydrogen) atoms. The first kappa shape index (κ1) is 39.3. The van der Waals surface area contributed by atoms with E-state index in [0.29, 0.717) is 35.0 Å². The minimum Gasteiger partial charge on any atom is -0.473 e. The number of likely N-dealkylation sites (N-methyl/N-ethyl adjacent to an activating group) is 1. The molecule has 0 bridgehead atoms. The molecule has 1 amide bonds. The first-order valence-corrected chi connectivity index (χ1v) is 18.8. The van der Waals surface area contributed by atoms with E-state index in [-0.39, 0.29) is 5.91 Å². The van der Waals surface area contributed by atoms with Crippen LogP contribution in [0.3, 0.4) is 0 Å². The lowest BCUT2D eigenvalue weighted by molar-refractivity contribution is 0.0367. The van der Waals surface area contributed by atoms with Crippen molar-refractivity contribution in [2.45, 2.75) is 32.8 Å². The third-order valence-corrected chi connectivity index (χ3v) is 9.96. The molecule has 0 aliphatic carbocycles. The highest BCUT2D eigenvalue weighted by Gasteiger charge is 2.16. The van der Waals surface area contributed by atoms with E-state index in [2.05, 4.69) is 67.0 Å². The van der Waals surface area contributed by atoms with Crippen LogP contribution in [0.25, 0.3) is 21.7 Å². The van der Waals surface area contributed by atoms with Gasteiger partial charge in [-0.3, -0.25) is 19.8 Å². The molecule has 11 heteroatoms. The van der Waals surface area contributed by atoms with Crippen LogP contribution in [0.5, 0.6) is 0 Å². The molecule has 1 fully saturated rings. The van der Waals surface area contributed by atoms with E-state index in [1.54, 1.807) is 6.07 Å². The molecular weight excluding hydrogens is 701 g/mol. The Morgan fingerprint density at radius 2 is 1.91 bits per heavy atom. The molecule has 4 aromatic carbocycles. The van der Waals surface area contributed by atoms with Crippen molar-refractivity contribution in [1.29, 1.82) is 5.26 Å². The number of aromatic nitrogens is 2. The van der Waals surface area contributed by atoms with Gasteiger partial charge in [0.2, 0.25) is 5.88 Å². The molecule has 2 aliphatic heterocycles. The van der Waals surface area contributed by atoms with Crippen LogP contribution in [-0.4, -0.2) is 80.9 Å². The van der Waals surface area contributed by atoms with Gasteiger partial charge in [-0.05, 0) is 104 Å². The fourth-order valence-corrected chi connectivity index (χ4v) is 6.48. The lowest BCUT2D eigenvalue weighted by atomic mass is 10.0. The van der Waals surface area contributed by atoms with E-state index in [1.807, 2.05) is 92.9 Å². The molecule has 5 aromatic rings. The standard InChI is InChI=1S/C42H42N8O2.C3H6O/c1-29-37-26-34(16-17-38(37)48-47-29)46-42(51)31-15-18-40(39(25-31)44-2)49(4)23-24-50-21-19-30(20-22-50)9-5-8-12-41(45-3)52-28-33-14-13-32(27-43)35-10-6-7-11-36(33)35;1-2-4-3-1/h5-8,10-19,25-26H,2-3,9,20-24,28H2,1,4H3,(H,46,51)(H,47,48);1-3H2/b8-5-,41-12+;. The normalized spacial score (nSPS) is 14.3. The second-order valence-corrected chi connectivity index (χ2v) is 13.7. The number of hydrogen-bond acceptors (Lipinski definition) is 9. The van der Waals surface area contributed by atoms with Crippen LogP contribution in [0.4, 0.5) is 17.1 Å². The smallest absolute Gasteiger partial charge is 0.255 e. The zero-order valence-corrected chi connectivity index (χ0v) is 32.1. The van der Waals surface area contributed by atoms with E-state index in [9.17, 15) is 10.1 Å². The van der Waals surface area contributed by atoms with Crippen LogP contribution in [0, 0.1) is 18.3 Å². The largest absolute Gasteiger partial charge is 0.473 e. The third-order valence-electron chi connectivity index (χ3n) is 9.96. The van der Waals surface area contributed by atoms with E-state index in [4.69, 9.17) is 9.47 Å². The van der Waals surface area contributed by atoms with Crippen LogP contribution >= 0.6 is 0 Å². The van der Waals surface area contributed by atoms with E-state index in [0.717, 1.165) is 90.9 Å². The van der Waals surface area contributed by atoms with Crippen molar-refractivity contribution in [3.05, 3.63) is 131 Å². The molecule has 2 aliphatic rings. The number of carbonyl (C=O) groups excluding carboxylic acids is 1. The number of ether oxygens (including phenoxy) is 2. The summed E-state index contributed by atoms with van der Waals surface area (Å²) in [6, 6.07) is 25.1. The minimum atomic E-state index is -0.207. The molecular formula is C45H48N8O3. The quantitative estimate of drug-likeness (QED) is 0.0503. The number of nitrogens with zero attached hydrogens (tertiary/aromatic N) is 6. The zero-order chi connectivity index (χ0) is 39.3. The van der Waals surface area contributed by atoms with Crippen molar-refractivity contribution in [1.82, 2.24) is 15.1 Å². The summed E-state index contributed by atoms with van der Waals surface area (Å²) in [4.78, 5) is 26.0. The monoisotopic (exact) mass is 748 g/mol. The predicted molar refractivity (Wildman–Crippen MR) is 227 cm³/mol. The van der Waals surface area contributed by atoms with Crippen LogP contribution in [-0.2, 0) is 16.1 Å². The van der Waals surface area contributed by atoms with E-state index < -0.39 is 0 Å². The number of benzene rings is 4. The van der Waals surface area contributed by atoms with Gasteiger partial charge in [-0.25, -0.2) is 4.99 Å². The van der Waals surface area contributed by atoms with Crippen LogP contribution < -0.4 is 10.2 Å². The number of fused-ring (bicyclic) bond motifs is 2. The molecule has 286 valence electrons. The number of carbonyl (C=O) groups is 1. The average Bonchev–Trinajstić information content (AvgIpc) is 3.58. The summed E-state index contributed by atoms with van der Waals surface area (Å²) in [6.45, 7) is 15.3. The van der Waals surface area contributed by atoms with Crippen molar-refractivity contribution in [2.75, 3.05) is 56.7 Å². The van der Waals surface area contributed by atoms with Gasteiger partial charge in [0.25, 0.3) is 5.91 Å². The molecule has 0 atom stereocenters. The van der Waals surface area contributed by atoms with Gasteiger partial charge in [-0.2, -0.15) is 10.4 Å². The number of H-pyrrole nitrogens is 1. The van der Waals surface area contributed by atoms with Gasteiger partial charge in [-0.1, -0.05) is 54.1 Å². The predicted octanol–water partition coefficient (Wildman–Crippen LogP) is 8.66. The maximum Gasteiger partial charge on any atom is 0.255 e. The van der Waals surface area contributed by atoms with Gasteiger partial charge in [0.1, 0.15) is 6.61 Å². The van der Waals surface area contributed by atoms with Gasteiger partial charge in [0.15, 0.2) is 0 Å². The number of hydrogen-bond donors (Lipinski definition) is 2. The lowest BCUT2D eigenvalue weighted by Gasteiger charge is -2.29. The van der Waals surface area contributed by atoms with E-state index in [1.165, 1.54) is 12.0 Å². The Labute approximate surface area is 328 Å². The highest BCUT2D eigenvalue weighted by Crippen LogP contribution is 2.30. The summed E-state index contributed by atoms with van der Waals surface area (Å²) >= 11 is 0. The molecule has 1 saturated heterocycles. The number of rotatable bonds is 14. The van der Waals surface area contributed by atoms with Gasteiger partial charge >= 0.3 is 0 Å². The molecule has 7 rings (SSSR count). The number of aromatic amines is 1. The van der Waals surface area contributed by atoms with Crippen LogP contribution in [0.1, 0.15) is 46.4 Å². The minimum absolute atomic E-state index is 0.207. The number of allylic oxidation sites excluding steroid dienone is 3. The van der Waals surface area contributed by atoms with Crippen molar-refractivity contribution in [2.24, 2.45) is 9.98 Å². The molecule has 0 radical (unpaired) electrons. The number of aryl methyl sites for hydroxylation is 1. The summed E-state index contributed by atoms with van der Waals surface area (Å²) in [5, 5.41) is 22.5. The number of nitriles is 1. The fraction of sp³-hybridized carbons (Fsp3) is 0.267. The Morgan fingerprint density at radius 3 is 2.62 bits per heavy atom. The first-order valence-electron chi connectivity index (χ1n) is 18.8. The highest BCUT2D eigenvalue weighted by molar-refractivity contribution is 6.06. The average molecular weight is 749 g/mol. The Hall–Kier alpha value is -6.35. The Balaban J connectivity index is 0.00000125.